The summed E-state index contributed by atoms with van der Waals surface area (Å²) >= 11 is 0. The zero-order valence-corrected chi connectivity index (χ0v) is 19.4. The first-order valence-corrected chi connectivity index (χ1v) is 11.9. The molecule has 2 aromatic carbocycles. The van der Waals surface area contributed by atoms with Crippen molar-refractivity contribution in [3.63, 3.8) is 0 Å². The number of fused-ring (bicyclic) bond motifs is 1. The Bertz CT molecular complexity index is 1170. The molecule has 8 heteroatoms. The number of hydrogen-bond donors (Lipinski definition) is 2. The zero-order valence-electron chi connectivity index (χ0n) is 19.4. The molecule has 1 heterocycles. The number of carbonyl (C=O) groups is 1. The maximum absolute atomic E-state index is 13.1. The van der Waals surface area contributed by atoms with Crippen LogP contribution >= 0.6 is 0 Å². The summed E-state index contributed by atoms with van der Waals surface area (Å²) in [6, 6.07) is 12.2. The zero-order chi connectivity index (χ0) is 24.9. The summed E-state index contributed by atoms with van der Waals surface area (Å²) in [5, 5.41) is 14.2. The Morgan fingerprint density at radius 2 is 1.86 bits per heavy atom. The van der Waals surface area contributed by atoms with Gasteiger partial charge in [-0.3, -0.25) is 4.79 Å². The normalized spacial score (nSPS) is 17.0. The minimum Gasteiger partial charge on any atom is -0.437 e. The summed E-state index contributed by atoms with van der Waals surface area (Å²) in [6.07, 6.45) is 5.65. The topological polar surface area (TPSA) is 75.4 Å². The van der Waals surface area contributed by atoms with Crippen molar-refractivity contribution in [2.24, 2.45) is 5.92 Å². The van der Waals surface area contributed by atoms with Crippen LogP contribution in [-0.4, -0.2) is 22.5 Å². The Kier molecular flexibility index (Phi) is 7.60. The van der Waals surface area contributed by atoms with Gasteiger partial charge in [0.05, 0.1) is 12.1 Å². The van der Waals surface area contributed by atoms with Crippen molar-refractivity contribution in [1.82, 2.24) is 10.3 Å². The fraction of sp³-hybridized carbons (Fsp3) is 0.407. The number of carbonyl (C=O) groups excluding carboxylic acids is 1. The monoisotopic (exact) mass is 486 g/mol. The van der Waals surface area contributed by atoms with E-state index in [0.717, 1.165) is 37.0 Å². The number of benzene rings is 2. The van der Waals surface area contributed by atoms with E-state index in [0.29, 0.717) is 12.3 Å². The molecule has 5 nitrogen and oxygen atoms in total. The van der Waals surface area contributed by atoms with Crippen molar-refractivity contribution in [2.75, 3.05) is 6.54 Å². The van der Waals surface area contributed by atoms with Gasteiger partial charge in [-0.25, -0.2) is 4.98 Å². The molecule has 1 aliphatic rings. The predicted octanol–water partition coefficient (Wildman–Crippen LogP) is 6.22. The first kappa shape index (κ1) is 25.0. The first-order valence-electron chi connectivity index (χ1n) is 11.9. The molecule has 1 atom stereocenters. The fourth-order valence-electron chi connectivity index (χ4n) is 4.43. The van der Waals surface area contributed by atoms with Gasteiger partial charge in [-0.2, -0.15) is 13.2 Å². The maximum Gasteiger partial charge on any atom is 0.416 e. The number of rotatable bonds is 8. The summed E-state index contributed by atoms with van der Waals surface area (Å²) in [5.41, 5.74) is -1.82. The number of aromatic nitrogens is 1. The second-order valence-electron chi connectivity index (χ2n) is 9.19. The maximum atomic E-state index is 13.1. The van der Waals surface area contributed by atoms with Gasteiger partial charge in [-0.05, 0) is 42.2 Å². The average molecular weight is 487 g/mol. The van der Waals surface area contributed by atoms with E-state index in [1.165, 1.54) is 31.4 Å². The third-order valence-corrected chi connectivity index (χ3v) is 6.50. The van der Waals surface area contributed by atoms with Crippen molar-refractivity contribution < 1.29 is 27.5 Å². The van der Waals surface area contributed by atoms with Crippen LogP contribution in [0.15, 0.2) is 59.0 Å². The molecule has 0 aliphatic heterocycles. The summed E-state index contributed by atoms with van der Waals surface area (Å²) in [5.74, 6) is 0.162. The van der Waals surface area contributed by atoms with Gasteiger partial charge in [0.25, 0.3) is 0 Å². The number of halogens is 3. The van der Waals surface area contributed by atoms with Crippen LogP contribution in [0.3, 0.4) is 0 Å². The van der Waals surface area contributed by atoms with E-state index >= 15 is 0 Å². The molecule has 1 amide bonds. The summed E-state index contributed by atoms with van der Waals surface area (Å²) < 4.78 is 45.0. The average Bonchev–Trinajstić information content (AvgIpc) is 3.30. The summed E-state index contributed by atoms with van der Waals surface area (Å²) in [7, 11) is 0. The van der Waals surface area contributed by atoms with Gasteiger partial charge < -0.3 is 14.8 Å². The van der Waals surface area contributed by atoms with Gasteiger partial charge in [0.2, 0.25) is 11.8 Å². The second-order valence-corrected chi connectivity index (χ2v) is 9.19. The van der Waals surface area contributed by atoms with E-state index in [-0.39, 0.29) is 29.4 Å². The SMILES string of the molecule is O=C(CCC1CCCCC1)NCC(O)(C=Cc1ccccc1)c1nc2cc(C(F)(F)F)ccc2o1. The van der Waals surface area contributed by atoms with E-state index in [1.807, 2.05) is 30.3 Å². The van der Waals surface area contributed by atoms with Crippen molar-refractivity contribution in [3.8, 4) is 0 Å². The predicted molar refractivity (Wildman–Crippen MR) is 127 cm³/mol. The van der Waals surface area contributed by atoms with Gasteiger partial charge in [0.15, 0.2) is 11.2 Å². The van der Waals surface area contributed by atoms with Crippen LogP contribution in [0.1, 0.15) is 62.0 Å². The van der Waals surface area contributed by atoms with Crippen LogP contribution < -0.4 is 5.32 Å². The molecule has 1 unspecified atom stereocenters. The Morgan fingerprint density at radius 3 is 2.57 bits per heavy atom. The number of aliphatic hydroxyl groups is 1. The Morgan fingerprint density at radius 1 is 1.11 bits per heavy atom. The molecule has 4 rings (SSSR count). The van der Waals surface area contributed by atoms with E-state index in [2.05, 4.69) is 10.3 Å². The lowest BCUT2D eigenvalue weighted by Crippen LogP contribution is -2.39. The van der Waals surface area contributed by atoms with Crippen LogP contribution in [0.25, 0.3) is 17.2 Å². The van der Waals surface area contributed by atoms with Crippen LogP contribution in [0.2, 0.25) is 0 Å². The van der Waals surface area contributed by atoms with E-state index in [4.69, 9.17) is 4.42 Å². The van der Waals surface area contributed by atoms with Gasteiger partial charge in [-0.15, -0.1) is 0 Å². The third-order valence-electron chi connectivity index (χ3n) is 6.50. The number of nitrogens with one attached hydrogen (secondary N) is 1. The molecular weight excluding hydrogens is 457 g/mol. The van der Waals surface area contributed by atoms with Gasteiger partial charge in [0, 0.05) is 6.42 Å². The van der Waals surface area contributed by atoms with E-state index in [1.54, 1.807) is 6.08 Å². The van der Waals surface area contributed by atoms with E-state index in [9.17, 15) is 23.1 Å². The van der Waals surface area contributed by atoms with Crippen LogP contribution in [0.4, 0.5) is 13.2 Å². The highest BCUT2D eigenvalue weighted by Gasteiger charge is 2.35. The molecule has 1 saturated carbocycles. The molecule has 0 spiro atoms. The quantitative estimate of drug-likeness (QED) is 0.396. The first-order chi connectivity index (χ1) is 16.7. The molecular formula is C27H29F3N2O3. The minimum absolute atomic E-state index is 0.0232. The molecule has 3 aromatic rings. The second kappa shape index (κ2) is 10.6. The third kappa shape index (κ3) is 6.51. The van der Waals surface area contributed by atoms with Gasteiger partial charge >= 0.3 is 6.18 Å². The van der Waals surface area contributed by atoms with Gasteiger partial charge in [0.1, 0.15) is 5.52 Å². The number of amides is 1. The van der Waals surface area contributed by atoms with Crippen molar-refractivity contribution in [1.29, 1.82) is 0 Å². The van der Waals surface area contributed by atoms with Crippen molar-refractivity contribution in [3.05, 3.63) is 71.6 Å². The Balaban J connectivity index is 1.54. The number of nitrogens with zero attached hydrogens (tertiary/aromatic N) is 1. The fourth-order valence-corrected chi connectivity index (χ4v) is 4.43. The molecule has 0 saturated heterocycles. The molecule has 1 fully saturated rings. The number of hydrogen-bond acceptors (Lipinski definition) is 4. The number of oxazole rings is 1. The molecule has 0 radical (unpaired) electrons. The lowest BCUT2D eigenvalue weighted by Gasteiger charge is -2.23. The highest BCUT2D eigenvalue weighted by Crippen LogP contribution is 2.33. The van der Waals surface area contributed by atoms with Crippen LogP contribution in [-0.2, 0) is 16.6 Å². The molecule has 2 N–H and O–H groups in total. The Labute approximate surface area is 202 Å². The summed E-state index contributed by atoms with van der Waals surface area (Å²) in [4.78, 5) is 16.7. The lowest BCUT2D eigenvalue weighted by atomic mass is 9.86. The smallest absolute Gasteiger partial charge is 0.416 e. The molecule has 1 aromatic heterocycles. The minimum atomic E-state index is -4.52. The highest BCUT2D eigenvalue weighted by atomic mass is 19.4. The van der Waals surface area contributed by atoms with Crippen LogP contribution in [0.5, 0.6) is 0 Å². The van der Waals surface area contributed by atoms with Crippen molar-refractivity contribution in [2.45, 2.75) is 56.7 Å². The summed E-state index contributed by atoms with van der Waals surface area (Å²) in [6.45, 7) is -0.223. The van der Waals surface area contributed by atoms with E-state index < -0.39 is 17.3 Å². The molecule has 186 valence electrons. The van der Waals surface area contributed by atoms with Crippen LogP contribution in [0, 0.1) is 5.92 Å². The Hall–Kier alpha value is -3.13. The van der Waals surface area contributed by atoms with Crippen molar-refractivity contribution >= 4 is 23.1 Å². The highest BCUT2D eigenvalue weighted by molar-refractivity contribution is 5.76. The molecule has 35 heavy (non-hydrogen) atoms. The number of alkyl halides is 3. The largest absolute Gasteiger partial charge is 0.437 e. The van der Waals surface area contributed by atoms with Gasteiger partial charge in [-0.1, -0.05) is 68.5 Å². The molecule has 0 bridgehead atoms. The molecule has 1 aliphatic carbocycles. The standard InChI is InChI=1S/C27H29F3N2O3/c28-27(29,30)21-12-13-23-22(17-21)32-25(35-23)26(34,16-15-20-9-5-2-6-10-20)18-31-24(33)14-11-19-7-3-1-4-8-19/h2,5-6,9-10,12-13,15-17,19,34H,1,3-4,7-8,11,14,18H2,(H,31,33). The lowest BCUT2D eigenvalue weighted by molar-refractivity contribution is -0.137.